The van der Waals surface area contributed by atoms with E-state index in [1.165, 1.54) is 21.6 Å². The number of carbonyl (C=O) groups is 1. The molecule has 1 unspecified atom stereocenters. The van der Waals surface area contributed by atoms with Crippen molar-refractivity contribution in [2.24, 2.45) is 7.05 Å². The molecule has 0 saturated heterocycles. The van der Waals surface area contributed by atoms with Gasteiger partial charge < -0.3 is 14.9 Å². The van der Waals surface area contributed by atoms with E-state index in [0.717, 1.165) is 41.5 Å². The Labute approximate surface area is 175 Å². The normalized spacial score (nSPS) is 15.5. The number of nitriles is 1. The number of hydrogen-bond acceptors (Lipinski definition) is 7. The number of rotatable bonds is 5. The lowest BCUT2D eigenvalue weighted by molar-refractivity contribution is -0.772. The lowest BCUT2D eigenvalue weighted by atomic mass is 9.83. The van der Waals surface area contributed by atoms with Gasteiger partial charge in [-0.15, -0.1) is 11.3 Å². The Morgan fingerprint density at radius 3 is 2.97 bits per heavy atom. The van der Waals surface area contributed by atoms with Gasteiger partial charge in [0, 0.05) is 4.88 Å². The van der Waals surface area contributed by atoms with Gasteiger partial charge in [0.05, 0.1) is 16.6 Å². The minimum absolute atomic E-state index is 0.0321. The Morgan fingerprint density at radius 1 is 1.48 bits per heavy atom. The molecular weight excluding hydrogens is 408 g/mol. The smallest absolute Gasteiger partial charge is 0.291 e. The quantitative estimate of drug-likeness (QED) is 0.496. The number of nitrogens with one attached hydrogen (secondary N) is 1. The lowest BCUT2D eigenvalue weighted by Crippen LogP contribution is -2.32. The summed E-state index contributed by atoms with van der Waals surface area (Å²) >= 11 is 2.54. The topological polar surface area (TPSA) is 106 Å². The van der Waals surface area contributed by atoms with E-state index in [1.807, 2.05) is 18.2 Å². The van der Waals surface area contributed by atoms with E-state index in [4.69, 9.17) is 0 Å². The molecular formula is C20H18N4O3S2. The van der Waals surface area contributed by atoms with Gasteiger partial charge >= 0.3 is 0 Å². The third-order valence-electron chi connectivity index (χ3n) is 4.96. The molecule has 0 aliphatic heterocycles. The number of anilines is 1. The van der Waals surface area contributed by atoms with Crippen molar-refractivity contribution in [2.45, 2.75) is 30.2 Å². The highest BCUT2D eigenvalue weighted by Crippen LogP contribution is 2.42. The van der Waals surface area contributed by atoms with Crippen molar-refractivity contribution < 1.29 is 19.1 Å². The zero-order valence-corrected chi connectivity index (χ0v) is 17.3. The van der Waals surface area contributed by atoms with E-state index in [1.54, 1.807) is 7.05 Å². The van der Waals surface area contributed by atoms with Gasteiger partial charge in [0.25, 0.3) is 5.03 Å². The van der Waals surface area contributed by atoms with Crippen molar-refractivity contribution in [3.63, 3.8) is 0 Å². The summed E-state index contributed by atoms with van der Waals surface area (Å²) in [6.45, 7) is 0. The first-order chi connectivity index (χ1) is 14.1. The highest BCUT2D eigenvalue weighted by atomic mass is 32.2. The van der Waals surface area contributed by atoms with Crippen molar-refractivity contribution in [3.05, 3.63) is 51.9 Å². The van der Waals surface area contributed by atoms with Gasteiger partial charge in [0.1, 0.15) is 11.1 Å². The standard InChI is InChI=1S/C20H18N4O3S2/c1-24-19(20(26)27-23-24)28-11-17(25)22-18-15(10-21)14-8-7-13(9-16(14)29-18)12-5-3-2-4-6-12/h2-6,13H,7-9,11H2,1H3,(H-,22,23,25,26). The molecule has 2 aromatic heterocycles. The van der Waals surface area contributed by atoms with Crippen molar-refractivity contribution in [1.29, 1.82) is 5.26 Å². The van der Waals surface area contributed by atoms with Gasteiger partial charge in [-0.3, -0.25) is 4.79 Å². The van der Waals surface area contributed by atoms with Crippen LogP contribution in [0.25, 0.3) is 0 Å². The predicted octanol–water partition coefficient (Wildman–Crippen LogP) is 2.51. The summed E-state index contributed by atoms with van der Waals surface area (Å²) in [5.41, 5.74) is 2.93. The van der Waals surface area contributed by atoms with Crippen LogP contribution < -0.4 is 15.1 Å². The number of nitrogens with zero attached hydrogens (tertiary/aromatic N) is 3. The third kappa shape index (κ3) is 3.99. The predicted molar refractivity (Wildman–Crippen MR) is 107 cm³/mol. The van der Waals surface area contributed by atoms with Crippen LogP contribution in [0, 0.1) is 11.3 Å². The summed E-state index contributed by atoms with van der Waals surface area (Å²) in [7, 11) is 1.58. The van der Waals surface area contributed by atoms with E-state index in [0.29, 0.717) is 16.5 Å². The van der Waals surface area contributed by atoms with E-state index in [2.05, 4.69) is 33.3 Å². The largest absolute Gasteiger partial charge is 0.538 e. The number of thiophene rings is 1. The van der Waals surface area contributed by atoms with Crippen molar-refractivity contribution in [1.82, 2.24) is 5.27 Å². The van der Waals surface area contributed by atoms with E-state index < -0.39 is 5.95 Å². The van der Waals surface area contributed by atoms with Gasteiger partial charge in [-0.1, -0.05) is 35.0 Å². The molecule has 1 aliphatic rings. The zero-order chi connectivity index (χ0) is 20.4. The number of carbonyl (C=O) groups excluding carboxylic acids is 1. The molecule has 0 spiro atoms. The van der Waals surface area contributed by atoms with Crippen LogP contribution in [0.5, 0.6) is 5.95 Å². The fraction of sp³-hybridized carbons (Fsp3) is 0.300. The highest BCUT2D eigenvalue weighted by molar-refractivity contribution is 7.99. The van der Waals surface area contributed by atoms with Crippen molar-refractivity contribution >= 4 is 34.0 Å². The first-order valence-electron chi connectivity index (χ1n) is 9.12. The number of fused-ring (bicyclic) bond motifs is 1. The van der Waals surface area contributed by atoms with Crippen LogP contribution in [-0.2, 0) is 24.7 Å². The SMILES string of the molecule is C[n+]1noc([O-])c1SCC(=O)Nc1sc2c(c1C#N)CCC(c1ccccc1)C2. The Bertz CT molecular complexity index is 1070. The average molecular weight is 427 g/mol. The minimum Gasteiger partial charge on any atom is -0.538 e. The summed E-state index contributed by atoms with van der Waals surface area (Å²) in [6.07, 6.45) is 2.69. The molecule has 0 radical (unpaired) electrons. The Balaban J connectivity index is 1.47. The van der Waals surface area contributed by atoms with Crippen LogP contribution in [-0.4, -0.2) is 16.9 Å². The minimum atomic E-state index is -0.568. The van der Waals surface area contributed by atoms with Crippen LogP contribution in [0.15, 0.2) is 39.9 Å². The molecule has 0 fully saturated rings. The van der Waals surface area contributed by atoms with Crippen LogP contribution >= 0.6 is 23.1 Å². The molecule has 29 heavy (non-hydrogen) atoms. The molecule has 1 amide bonds. The Morgan fingerprint density at radius 2 is 2.28 bits per heavy atom. The maximum atomic E-state index is 12.4. The maximum Gasteiger partial charge on any atom is 0.291 e. The first kappa shape index (κ1) is 19.5. The molecule has 4 rings (SSSR count). The number of aryl methyl sites for hydroxylation is 1. The van der Waals surface area contributed by atoms with Gasteiger partial charge in [0.15, 0.2) is 13.0 Å². The van der Waals surface area contributed by atoms with Gasteiger partial charge in [-0.2, -0.15) is 5.26 Å². The van der Waals surface area contributed by atoms with Gasteiger partial charge in [0.2, 0.25) is 5.91 Å². The van der Waals surface area contributed by atoms with E-state index in [9.17, 15) is 15.2 Å². The molecule has 0 bridgehead atoms. The average Bonchev–Trinajstić information content (AvgIpc) is 3.24. The number of benzene rings is 1. The molecule has 1 atom stereocenters. The molecule has 1 aromatic carbocycles. The van der Waals surface area contributed by atoms with E-state index in [-0.39, 0.29) is 16.7 Å². The molecule has 1 N–H and O–H groups in total. The second-order valence-corrected chi connectivity index (χ2v) is 8.87. The third-order valence-corrected chi connectivity index (χ3v) is 7.24. The molecule has 3 aromatic rings. The fourth-order valence-corrected chi connectivity index (χ4v) is 5.57. The van der Waals surface area contributed by atoms with Crippen LogP contribution in [0.2, 0.25) is 0 Å². The monoisotopic (exact) mass is 426 g/mol. The summed E-state index contributed by atoms with van der Waals surface area (Å²) in [4.78, 5) is 13.6. The fourth-order valence-electron chi connectivity index (χ4n) is 3.56. The summed E-state index contributed by atoms with van der Waals surface area (Å²) in [5, 5.41) is 28.4. The van der Waals surface area contributed by atoms with Gasteiger partial charge in [-0.25, -0.2) is 0 Å². The van der Waals surface area contributed by atoms with Crippen molar-refractivity contribution in [2.75, 3.05) is 11.1 Å². The first-order valence-corrected chi connectivity index (χ1v) is 10.9. The second kappa shape index (κ2) is 8.27. The van der Waals surface area contributed by atoms with Crippen LogP contribution in [0.3, 0.4) is 0 Å². The van der Waals surface area contributed by atoms with Crippen LogP contribution in [0.1, 0.15) is 33.9 Å². The molecule has 9 heteroatoms. The molecule has 148 valence electrons. The maximum absolute atomic E-state index is 12.4. The second-order valence-electron chi connectivity index (χ2n) is 6.80. The summed E-state index contributed by atoms with van der Waals surface area (Å²) in [6, 6.07) is 12.7. The number of hydrogen-bond donors (Lipinski definition) is 1. The molecule has 2 heterocycles. The van der Waals surface area contributed by atoms with Crippen LogP contribution in [0.4, 0.5) is 5.00 Å². The lowest BCUT2D eigenvalue weighted by Gasteiger charge is -2.22. The molecule has 0 saturated carbocycles. The molecule has 7 nitrogen and oxygen atoms in total. The van der Waals surface area contributed by atoms with Crippen molar-refractivity contribution in [3.8, 4) is 12.0 Å². The number of aromatic nitrogens is 2. The Hall–Kier alpha value is -2.83. The Kier molecular flexibility index (Phi) is 5.56. The summed E-state index contributed by atoms with van der Waals surface area (Å²) in [5.74, 6) is -0.381. The number of thioether (sulfide) groups is 1. The zero-order valence-electron chi connectivity index (χ0n) is 15.7. The van der Waals surface area contributed by atoms with E-state index >= 15 is 0 Å². The highest BCUT2D eigenvalue weighted by Gasteiger charge is 2.27. The number of amides is 1. The summed E-state index contributed by atoms with van der Waals surface area (Å²) < 4.78 is 5.85. The van der Waals surface area contributed by atoms with Gasteiger partial charge in [-0.05, 0) is 48.1 Å². The molecule has 1 aliphatic carbocycles.